The zero-order chi connectivity index (χ0) is 49.5. The Kier molecular flexibility index (Phi) is 15.4. The average molecular weight is 1090 g/mol. The van der Waals surface area contributed by atoms with Gasteiger partial charge in [0.15, 0.2) is 16.9 Å². The smallest absolute Gasteiger partial charge is 0.356 e. The predicted molar refractivity (Wildman–Crippen MR) is 283 cm³/mol. The molecule has 1 saturated heterocycles. The molecule has 0 saturated carbocycles. The lowest BCUT2D eigenvalue weighted by atomic mass is 9.77. The highest BCUT2D eigenvalue weighted by atomic mass is 127. The summed E-state index contributed by atoms with van der Waals surface area (Å²) >= 11 is 4.88. The largest absolute Gasteiger partial charge is 0.457 e. The number of amides is 2. The fourth-order valence-corrected chi connectivity index (χ4v) is 10.4. The van der Waals surface area contributed by atoms with Crippen LogP contribution in [0.15, 0.2) is 186 Å². The number of nitrogens with one attached hydrogen (secondary N) is 2. The van der Waals surface area contributed by atoms with Crippen molar-refractivity contribution in [3.63, 3.8) is 0 Å². The third kappa shape index (κ3) is 10.9. The molecule has 2 N–H and O–H groups in total. The second-order valence-corrected chi connectivity index (χ2v) is 20.8. The van der Waals surface area contributed by atoms with E-state index in [1.807, 2.05) is 164 Å². The number of halogens is 1. The van der Waals surface area contributed by atoms with Crippen molar-refractivity contribution >= 4 is 80.3 Å². The first kappa shape index (κ1) is 49.8. The van der Waals surface area contributed by atoms with E-state index in [2.05, 4.69) is 38.4 Å². The van der Waals surface area contributed by atoms with Gasteiger partial charge in [-0.05, 0) is 68.0 Å². The van der Waals surface area contributed by atoms with Crippen molar-refractivity contribution in [3.8, 4) is 0 Å². The van der Waals surface area contributed by atoms with Crippen molar-refractivity contribution in [1.82, 2.24) is 15.2 Å². The molecule has 1 unspecified atom stereocenters. The van der Waals surface area contributed by atoms with E-state index in [1.54, 1.807) is 26.2 Å². The number of anilines is 1. The molecule has 8 rings (SSSR count). The minimum Gasteiger partial charge on any atom is -0.457 e. The van der Waals surface area contributed by atoms with Gasteiger partial charge in [-0.15, -0.1) is 23.1 Å². The van der Waals surface area contributed by atoms with E-state index < -0.39 is 58.0 Å². The molecule has 15 heteroatoms. The maximum Gasteiger partial charge on any atom is 0.356 e. The van der Waals surface area contributed by atoms with Crippen molar-refractivity contribution < 1.29 is 33.5 Å². The maximum absolute atomic E-state index is 14.7. The summed E-state index contributed by atoms with van der Waals surface area (Å²) in [5, 5.41) is 12.4. The topological polar surface area (TPSA) is 149 Å². The zero-order valence-corrected chi connectivity index (χ0v) is 43.0. The van der Waals surface area contributed by atoms with E-state index in [4.69, 9.17) is 19.3 Å². The Hall–Kier alpha value is -6.56. The number of hydrogen-bond donors (Lipinski definition) is 2. The number of carbonyl (C=O) groups excluding carboxylic acids is 4. The van der Waals surface area contributed by atoms with E-state index in [-0.39, 0.29) is 17.1 Å². The van der Waals surface area contributed by atoms with Gasteiger partial charge in [0.25, 0.3) is 11.8 Å². The highest BCUT2D eigenvalue weighted by Crippen LogP contribution is 2.43. The van der Waals surface area contributed by atoms with Crippen molar-refractivity contribution in [2.45, 2.75) is 68.9 Å². The molecule has 2 amide bonds. The average Bonchev–Trinajstić information content (AvgIpc) is 3.84. The summed E-state index contributed by atoms with van der Waals surface area (Å²) in [6.45, 7) is 8.20. The van der Waals surface area contributed by atoms with Gasteiger partial charge in [0.2, 0.25) is 5.60 Å². The number of hydrogen-bond acceptors (Lipinski definition) is 12. The van der Waals surface area contributed by atoms with Gasteiger partial charge < -0.3 is 24.9 Å². The lowest BCUT2D eigenvalue weighted by molar-refractivity contribution is -0.179. The van der Waals surface area contributed by atoms with Gasteiger partial charge in [-0.1, -0.05) is 192 Å². The molecule has 0 radical (unpaired) electrons. The van der Waals surface area contributed by atoms with Crippen molar-refractivity contribution in [1.29, 1.82) is 0 Å². The first-order valence-corrected chi connectivity index (χ1v) is 26.1. The molecule has 6 aromatic rings. The van der Waals surface area contributed by atoms with E-state index >= 15 is 0 Å². The van der Waals surface area contributed by atoms with Gasteiger partial charge in [-0.25, -0.2) is 14.6 Å². The Morgan fingerprint density at radius 1 is 0.800 bits per heavy atom. The molecule has 2 aliphatic heterocycles. The Bertz CT molecular complexity index is 2770. The van der Waals surface area contributed by atoms with Crippen LogP contribution in [0.5, 0.6) is 0 Å². The molecule has 0 bridgehead atoms. The number of β-lactam (4-membered cyclic amide) rings is 1. The third-order valence-corrected chi connectivity index (χ3v) is 14.0. The first-order valence-electron chi connectivity index (χ1n) is 22.6. The number of carbonyl (C=O) groups is 4. The normalized spacial score (nSPS) is 16.4. The van der Waals surface area contributed by atoms with E-state index in [0.29, 0.717) is 20.9 Å². The number of fused-ring (bicyclic) bond motifs is 1. The first-order chi connectivity index (χ1) is 33.7. The molecule has 12 nitrogen and oxygen atoms in total. The number of thioether (sulfide) groups is 1. The van der Waals surface area contributed by atoms with Crippen LogP contribution < -0.4 is 10.6 Å². The molecule has 0 aliphatic carbocycles. The fraction of sp³-hybridized carbons (Fsp3) is 0.236. The van der Waals surface area contributed by atoms with Crippen LogP contribution in [0.2, 0.25) is 0 Å². The van der Waals surface area contributed by atoms with Crippen LogP contribution in [-0.4, -0.2) is 72.1 Å². The van der Waals surface area contributed by atoms with Gasteiger partial charge in [0.1, 0.15) is 33.9 Å². The molecular weight excluding hydrogens is 1030 g/mol. The SMILES string of the molecule is CC(C)(C)OC(=O)C(C)(C)O/N=C(\C(=O)NC1C(=O)N2C(C(=O)OC(c3ccccc3)c3ccccc3)=C(C=CCI)CS[C@@H]12)c1csc(NC(c2ccccc2)(c2ccccc2)c2ccccc2)n1. The van der Waals surface area contributed by atoms with Gasteiger partial charge in [-0.2, -0.15) is 0 Å². The zero-order valence-electron chi connectivity index (χ0n) is 39.2. The number of nitrogens with zero attached hydrogens (tertiary/aromatic N) is 3. The Morgan fingerprint density at radius 2 is 1.31 bits per heavy atom. The summed E-state index contributed by atoms with van der Waals surface area (Å²) < 4.78 is 12.6. The maximum atomic E-state index is 14.7. The monoisotopic (exact) mass is 1090 g/mol. The Morgan fingerprint density at radius 3 is 1.81 bits per heavy atom. The second kappa shape index (κ2) is 21.6. The number of aromatic nitrogens is 1. The molecule has 70 heavy (non-hydrogen) atoms. The van der Waals surface area contributed by atoms with E-state index in [9.17, 15) is 19.2 Å². The molecular formula is C55H52IN5O7S2. The van der Waals surface area contributed by atoms with Crippen molar-refractivity contribution in [2.24, 2.45) is 5.16 Å². The summed E-state index contributed by atoms with van der Waals surface area (Å²) in [5.74, 6) is -2.31. The fourth-order valence-electron chi connectivity index (χ4n) is 8.09. The number of allylic oxidation sites excluding steroid dienone is 2. The van der Waals surface area contributed by atoms with Crippen LogP contribution in [0, 0.1) is 0 Å². The number of oxime groups is 1. The minimum absolute atomic E-state index is 0.113. The van der Waals surface area contributed by atoms with Crippen molar-refractivity contribution in [3.05, 3.63) is 214 Å². The summed E-state index contributed by atoms with van der Waals surface area (Å²) in [6.07, 6.45) is 3.01. The van der Waals surface area contributed by atoms with E-state index in [1.165, 1.54) is 41.8 Å². The molecule has 3 heterocycles. The molecule has 5 aromatic carbocycles. The number of benzene rings is 5. The van der Waals surface area contributed by atoms with Gasteiger partial charge in [-0.3, -0.25) is 14.5 Å². The molecule has 1 aromatic heterocycles. The second-order valence-electron chi connectivity index (χ2n) is 18.0. The number of thiazole rings is 1. The van der Waals surface area contributed by atoms with E-state index in [0.717, 1.165) is 27.8 Å². The molecule has 1 fully saturated rings. The van der Waals surface area contributed by atoms with Crippen LogP contribution in [0.1, 0.15) is 74.2 Å². The highest BCUT2D eigenvalue weighted by Gasteiger charge is 2.55. The summed E-state index contributed by atoms with van der Waals surface area (Å²) in [6, 6.07) is 47.8. The number of alkyl halides is 1. The van der Waals surface area contributed by atoms with Gasteiger partial charge in [0.05, 0.1) is 0 Å². The number of rotatable bonds is 17. The Balaban J connectivity index is 1.12. The number of esters is 2. The van der Waals surface area contributed by atoms with Crippen LogP contribution in [-0.2, 0) is 39.0 Å². The minimum atomic E-state index is -1.64. The predicted octanol–water partition coefficient (Wildman–Crippen LogP) is 10.4. The molecule has 2 aliphatic rings. The molecule has 0 spiro atoms. The van der Waals surface area contributed by atoms with Gasteiger partial charge in [0, 0.05) is 15.6 Å². The Labute approximate surface area is 429 Å². The summed E-state index contributed by atoms with van der Waals surface area (Å²) in [5.41, 5.74) is 1.53. The summed E-state index contributed by atoms with van der Waals surface area (Å²) in [7, 11) is 0. The van der Waals surface area contributed by atoms with Crippen molar-refractivity contribution in [2.75, 3.05) is 15.5 Å². The van der Waals surface area contributed by atoms with Crippen LogP contribution in [0.3, 0.4) is 0 Å². The highest BCUT2D eigenvalue weighted by molar-refractivity contribution is 14.1. The lowest BCUT2D eigenvalue weighted by Crippen LogP contribution is -2.71. The quantitative estimate of drug-likeness (QED) is 0.0172. The van der Waals surface area contributed by atoms with Crippen LogP contribution in [0.4, 0.5) is 5.13 Å². The standard InChI is InChI=1S/C55H52IN5O7S2/c1-53(2,3)67-51(65)54(4,5)68-60-43(42-35-70-52(57-42)59-55(39-27-15-8-16-28-39,40-29-17-9-18-30-40)41-31-19-10-20-32-41)47(62)58-44-48(63)61-45(38(26-21-33-56)34-69-49(44)61)50(64)66-46(36-22-11-6-12-23-36)37-24-13-7-14-25-37/h6-32,35,44,46,49H,33-34H2,1-5H3,(H,57,59)(H,58,62)/b26-21?,60-43-/t44?,49-/m0/s1. The lowest BCUT2D eigenvalue weighted by Gasteiger charge is -2.49. The van der Waals surface area contributed by atoms with Crippen LogP contribution in [0.25, 0.3) is 0 Å². The number of ether oxygens (including phenoxy) is 2. The third-order valence-electron chi connectivity index (χ3n) is 11.4. The molecule has 358 valence electrons. The van der Waals surface area contributed by atoms with Crippen LogP contribution >= 0.6 is 45.7 Å². The summed E-state index contributed by atoms with van der Waals surface area (Å²) in [4.78, 5) is 69.2. The molecule has 2 atom stereocenters. The van der Waals surface area contributed by atoms with Gasteiger partial charge >= 0.3 is 11.9 Å².